The Kier molecular flexibility index (Phi) is 2.76. The highest BCUT2D eigenvalue weighted by atomic mass is 19.4. The molecule has 0 unspecified atom stereocenters. The van der Waals surface area contributed by atoms with Gasteiger partial charge in [0.15, 0.2) is 5.71 Å². The molecule has 0 saturated heterocycles. The second-order valence-corrected chi connectivity index (χ2v) is 3.57. The van der Waals surface area contributed by atoms with Gasteiger partial charge in [-0.25, -0.2) is 4.39 Å². The first-order chi connectivity index (χ1) is 8.77. The van der Waals surface area contributed by atoms with E-state index in [4.69, 9.17) is 5.21 Å². The molecule has 1 aliphatic heterocycles. The van der Waals surface area contributed by atoms with Gasteiger partial charge in [0.25, 0.3) is 11.7 Å². The molecule has 2 N–H and O–H groups in total. The molecule has 100 valence electrons. The van der Waals surface area contributed by atoms with Gasteiger partial charge in [-0.3, -0.25) is 9.59 Å². The maximum absolute atomic E-state index is 13.3. The molecule has 0 radical (unpaired) electrons. The lowest BCUT2D eigenvalue weighted by molar-refractivity contribution is -0.140. The maximum Gasteiger partial charge on any atom is 0.419 e. The van der Waals surface area contributed by atoms with Gasteiger partial charge in [0.1, 0.15) is 11.4 Å². The number of nitrogens with zero attached hydrogens (tertiary/aromatic N) is 1. The Morgan fingerprint density at radius 1 is 1.21 bits per heavy atom. The van der Waals surface area contributed by atoms with Gasteiger partial charge in [-0.1, -0.05) is 5.16 Å². The van der Waals surface area contributed by atoms with Crippen molar-refractivity contribution >= 4 is 23.1 Å². The van der Waals surface area contributed by atoms with Gasteiger partial charge in [0, 0.05) is 5.56 Å². The zero-order valence-electron chi connectivity index (χ0n) is 8.88. The zero-order chi connectivity index (χ0) is 14.4. The summed E-state index contributed by atoms with van der Waals surface area (Å²) in [5, 5.41) is 12.8. The third-order valence-electron chi connectivity index (χ3n) is 2.44. The lowest BCUT2D eigenvalue weighted by atomic mass is 9.94. The molecule has 0 aromatic heterocycles. The van der Waals surface area contributed by atoms with E-state index >= 15 is 0 Å². The number of fused-ring (bicyclic) bond motifs is 1. The number of anilines is 1. The molecule has 0 atom stereocenters. The summed E-state index contributed by atoms with van der Waals surface area (Å²) >= 11 is 0. The van der Waals surface area contributed by atoms with Crippen molar-refractivity contribution in [3.05, 3.63) is 29.1 Å². The lowest BCUT2D eigenvalue weighted by Crippen LogP contribution is -2.38. The largest absolute Gasteiger partial charge is 0.419 e. The number of alkyl halides is 3. The number of halogens is 4. The van der Waals surface area contributed by atoms with Crippen LogP contribution in [0.1, 0.15) is 11.1 Å². The Bertz CT molecular complexity index is 622. The predicted molar refractivity (Wildman–Crippen MR) is 53.4 cm³/mol. The summed E-state index contributed by atoms with van der Waals surface area (Å²) in [6, 6.07) is 1.34. The Morgan fingerprint density at radius 3 is 2.37 bits per heavy atom. The first kappa shape index (κ1) is 13.0. The van der Waals surface area contributed by atoms with Gasteiger partial charge in [0.2, 0.25) is 0 Å². The standard InChI is InChI=1S/C10H4F4N2O3/c11-3-1-2-4-5(6(3)10(12,13)14)7(16-19)8(17)9(18)15-4/h1-2,19H,(H,15,18). The number of rotatable bonds is 0. The molecule has 0 saturated carbocycles. The molecule has 5 nitrogen and oxygen atoms in total. The van der Waals surface area contributed by atoms with Gasteiger partial charge in [-0.05, 0) is 12.1 Å². The van der Waals surface area contributed by atoms with E-state index in [-0.39, 0.29) is 0 Å². The van der Waals surface area contributed by atoms with Crippen molar-refractivity contribution in [3.8, 4) is 0 Å². The Morgan fingerprint density at radius 2 is 1.84 bits per heavy atom. The highest BCUT2D eigenvalue weighted by molar-refractivity contribution is 6.72. The second kappa shape index (κ2) is 4.04. The molecular formula is C10H4F4N2O3. The summed E-state index contributed by atoms with van der Waals surface area (Å²) in [5.74, 6) is -4.39. The highest BCUT2D eigenvalue weighted by Gasteiger charge is 2.43. The average Bonchev–Trinajstić information content (AvgIpc) is 2.30. The zero-order valence-corrected chi connectivity index (χ0v) is 8.88. The van der Waals surface area contributed by atoms with Crippen molar-refractivity contribution in [1.29, 1.82) is 0 Å². The van der Waals surface area contributed by atoms with Crippen LogP contribution in [0.2, 0.25) is 0 Å². The van der Waals surface area contributed by atoms with Crippen LogP contribution >= 0.6 is 0 Å². The molecule has 1 aromatic carbocycles. The summed E-state index contributed by atoms with van der Waals surface area (Å²) in [4.78, 5) is 22.5. The third kappa shape index (κ3) is 1.92. The smallest absolute Gasteiger partial charge is 0.410 e. The number of ketones is 1. The van der Waals surface area contributed by atoms with E-state index in [1.54, 1.807) is 0 Å². The number of benzene rings is 1. The summed E-state index contributed by atoms with van der Waals surface area (Å²) in [6.45, 7) is 0. The molecule has 1 amide bonds. The monoisotopic (exact) mass is 276 g/mol. The van der Waals surface area contributed by atoms with Gasteiger partial charge < -0.3 is 10.5 Å². The fourth-order valence-corrected chi connectivity index (χ4v) is 1.70. The van der Waals surface area contributed by atoms with Crippen LogP contribution in [0.4, 0.5) is 23.2 Å². The molecule has 0 bridgehead atoms. The molecule has 19 heavy (non-hydrogen) atoms. The molecule has 0 fully saturated rings. The third-order valence-corrected chi connectivity index (χ3v) is 2.44. The highest BCUT2D eigenvalue weighted by Crippen LogP contribution is 2.38. The van der Waals surface area contributed by atoms with E-state index in [0.29, 0.717) is 6.07 Å². The van der Waals surface area contributed by atoms with E-state index in [2.05, 4.69) is 5.16 Å². The van der Waals surface area contributed by atoms with Crippen LogP contribution in [0.5, 0.6) is 0 Å². The minimum absolute atomic E-state index is 0.453. The molecule has 2 rings (SSSR count). The van der Waals surface area contributed by atoms with Gasteiger partial charge in [-0.15, -0.1) is 0 Å². The Balaban J connectivity index is 2.84. The van der Waals surface area contributed by atoms with Crippen molar-refractivity contribution in [2.45, 2.75) is 6.18 Å². The van der Waals surface area contributed by atoms with Crippen LogP contribution in [0, 0.1) is 5.82 Å². The molecule has 0 spiro atoms. The van der Waals surface area contributed by atoms with Crippen LogP contribution in [0.25, 0.3) is 0 Å². The number of Topliss-reactive ketones (excluding diaryl/α,β-unsaturated/α-hetero) is 1. The number of oxime groups is 1. The van der Waals surface area contributed by atoms with Crippen LogP contribution in [-0.4, -0.2) is 22.6 Å². The quantitative estimate of drug-likeness (QED) is 0.326. The van der Waals surface area contributed by atoms with Crippen LogP contribution < -0.4 is 5.32 Å². The topological polar surface area (TPSA) is 78.8 Å². The van der Waals surface area contributed by atoms with E-state index in [1.165, 1.54) is 0 Å². The van der Waals surface area contributed by atoms with Crippen LogP contribution in [-0.2, 0) is 15.8 Å². The van der Waals surface area contributed by atoms with Gasteiger partial charge in [-0.2, -0.15) is 13.2 Å². The van der Waals surface area contributed by atoms with Crippen molar-refractivity contribution in [3.63, 3.8) is 0 Å². The van der Waals surface area contributed by atoms with Crippen LogP contribution in [0.15, 0.2) is 17.3 Å². The predicted octanol–water partition coefficient (Wildman–Crippen LogP) is 1.54. The number of amides is 1. The van der Waals surface area contributed by atoms with Gasteiger partial charge >= 0.3 is 6.18 Å². The van der Waals surface area contributed by atoms with Crippen molar-refractivity contribution in [1.82, 2.24) is 0 Å². The molecule has 1 aliphatic rings. The van der Waals surface area contributed by atoms with Crippen molar-refractivity contribution in [2.24, 2.45) is 5.16 Å². The molecular weight excluding hydrogens is 272 g/mol. The maximum atomic E-state index is 13.3. The summed E-state index contributed by atoms with van der Waals surface area (Å²) in [6.07, 6.45) is -5.12. The summed E-state index contributed by atoms with van der Waals surface area (Å²) in [5.41, 5.74) is -4.36. The van der Waals surface area contributed by atoms with Crippen molar-refractivity contribution < 1.29 is 32.4 Å². The normalized spacial score (nSPS) is 17.4. The minimum Gasteiger partial charge on any atom is -0.410 e. The minimum atomic E-state index is -5.12. The molecule has 1 aromatic rings. The van der Waals surface area contributed by atoms with Gasteiger partial charge in [0.05, 0.1) is 5.69 Å². The SMILES string of the molecule is O=C1Nc2ccc(F)c(C(F)(F)F)c2C(=NO)C1=O. The Hall–Kier alpha value is -2.45. The average molecular weight is 276 g/mol. The molecule has 0 aliphatic carbocycles. The Labute approximate surface area is 102 Å². The van der Waals surface area contributed by atoms with Crippen LogP contribution in [0.3, 0.4) is 0 Å². The number of nitrogens with one attached hydrogen (secondary N) is 1. The number of carbonyl (C=O) groups excluding carboxylic acids is 2. The number of hydrogen-bond acceptors (Lipinski definition) is 4. The van der Waals surface area contributed by atoms with Crippen molar-refractivity contribution in [2.75, 3.05) is 5.32 Å². The first-order valence-electron chi connectivity index (χ1n) is 4.75. The molecule has 1 heterocycles. The number of carbonyl (C=O) groups is 2. The fourth-order valence-electron chi connectivity index (χ4n) is 1.70. The second-order valence-electron chi connectivity index (χ2n) is 3.57. The summed E-state index contributed by atoms with van der Waals surface area (Å²) in [7, 11) is 0. The van der Waals surface area contributed by atoms with E-state index in [1.807, 2.05) is 5.32 Å². The summed E-state index contributed by atoms with van der Waals surface area (Å²) < 4.78 is 51.6. The molecule has 9 heteroatoms. The fraction of sp³-hybridized carbons (Fsp3) is 0.100. The first-order valence-corrected chi connectivity index (χ1v) is 4.75. The number of hydrogen-bond donors (Lipinski definition) is 2. The van der Waals surface area contributed by atoms with E-state index in [9.17, 15) is 27.2 Å². The lowest BCUT2D eigenvalue weighted by Gasteiger charge is -2.21. The van der Waals surface area contributed by atoms with E-state index < -0.39 is 46.2 Å². The van der Waals surface area contributed by atoms with E-state index in [0.717, 1.165) is 6.07 Å².